The first-order valence-corrected chi connectivity index (χ1v) is 7.19. The van der Waals surface area contributed by atoms with Gasteiger partial charge in [-0.05, 0) is 17.7 Å². The number of benzene rings is 1. The van der Waals surface area contributed by atoms with Gasteiger partial charge < -0.3 is 16.2 Å². The first-order valence-electron chi connectivity index (χ1n) is 7.19. The van der Waals surface area contributed by atoms with Crippen LogP contribution in [0.5, 0.6) is 0 Å². The van der Waals surface area contributed by atoms with Gasteiger partial charge in [0.25, 0.3) is 5.91 Å². The van der Waals surface area contributed by atoms with Gasteiger partial charge in [0, 0.05) is 18.7 Å². The van der Waals surface area contributed by atoms with E-state index in [1.807, 2.05) is 0 Å². The van der Waals surface area contributed by atoms with Crippen LogP contribution in [0, 0.1) is 0 Å². The van der Waals surface area contributed by atoms with Gasteiger partial charge >= 0.3 is 6.36 Å². The van der Waals surface area contributed by atoms with E-state index in [9.17, 15) is 22.8 Å². The van der Waals surface area contributed by atoms with Gasteiger partial charge in [0.15, 0.2) is 0 Å². The molecule has 140 valence electrons. The third kappa shape index (κ3) is 8.44. The van der Waals surface area contributed by atoms with Crippen LogP contribution < -0.4 is 21.9 Å². The fourth-order valence-corrected chi connectivity index (χ4v) is 1.69. The first-order chi connectivity index (χ1) is 11.7. The van der Waals surface area contributed by atoms with Crippen molar-refractivity contribution in [2.24, 2.45) is 5.73 Å². The van der Waals surface area contributed by atoms with Gasteiger partial charge in [-0.1, -0.05) is 12.1 Å². The maximum absolute atomic E-state index is 11.9. The zero-order chi connectivity index (χ0) is 18.9. The number of aliphatic hydroxyl groups is 1. The van der Waals surface area contributed by atoms with E-state index in [1.54, 1.807) is 12.1 Å². The van der Waals surface area contributed by atoms with Crippen LogP contribution in [0.1, 0.15) is 15.9 Å². The summed E-state index contributed by atoms with van der Waals surface area (Å²) in [6, 6.07) is 5.06. The van der Waals surface area contributed by atoms with Crippen LogP contribution in [0.3, 0.4) is 0 Å². The maximum Gasteiger partial charge on any atom is 0.522 e. The fraction of sp³-hybridized carbons (Fsp3) is 0.429. The summed E-state index contributed by atoms with van der Waals surface area (Å²) in [5.74, 6) is -1.42. The molecule has 0 aliphatic heterocycles. The third-order valence-corrected chi connectivity index (χ3v) is 2.96. The van der Waals surface area contributed by atoms with Crippen LogP contribution in [0.4, 0.5) is 13.2 Å². The Morgan fingerprint density at radius 1 is 1.20 bits per heavy atom. The van der Waals surface area contributed by atoms with E-state index >= 15 is 0 Å². The summed E-state index contributed by atoms with van der Waals surface area (Å²) in [5, 5.41) is 11.2. The number of hydrogen-bond acceptors (Lipinski definition) is 6. The largest absolute Gasteiger partial charge is 0.522 e. The van der Waals surface area contributed by atoms with Crippen LogP contribution in [-0.4, -0.2) is 49.1 Å². The molecule has 1 aromatic carbocycles. The van der Waals surface area contributed by atoms with Gasteiger partial charge in [0.05, 0.1) is 13.2 Å². The van der Waals surface area contributed by atoms with Gasteiger partial charge in [0.2, 0.25) is 5.91 Å². The standard InChI is InChI=1S/C14H19F3N4O4/c15-14(16,17)25-6-5-19-20-7-9-1-3-10(4-2-9)13(24)21-11(8-22)12(18)23/h1-4,11,19-20,22H,5-8H2,(H2,18,23)(H,21,24). The highest BCUT2D eigenvalue weighted by Gasteiger charge is 2.28. The van der Waals surface area contributed by atoms with Crippen molar-refractivity contribution in [3.05, 3.63) is 35.4 Å². The number of aliphatic hydroxyl groups excluding tert-OH is 1. The van der Waals surface area contributed by atoms with E-state index in [4.69, 9.17) is 10.8 Å². The SMILES string of the molecule is NC(=O)C(CO)NC(=O)c1ccc(CNNCCOC(F)(F)F)cc1. The van der Waals surface area contributed by atoms with Crippen molar-refractivity contribution in [1.82, 2.24) is 16.2 Å². The molecule has 0 aliphatic carbocycles. The number of ether oxygens (including phenoxy) is 1. The Morgan fingerprint density at radius 2 is 1.84 bits per heavy atom. The van der Waals surface area contributed by atoms with Crippen molar-refractivity contribution >= 4 is 11.8 Å². The molecule has 0 saturated carbocycles. The zero-order valence-corrected chi connectivity index (χ0v) is 13.1. The molecule has 0 aliphatic rings. The molecule has 0 radical (unpaired) electrons. The lowest BCUT2D eigenvalue weighted by Gasteiger charge is -2.13. The van der Waals surface area contributed by atoms with Crippen LogP contribution in [0.15, 0.2) is 24.3 Å². The second-order valence-electron chi connectivity index (χ2n) is 4.88. The third-order valence-electron chi connectivity index (χ3n) is 2.96. The fourth-order valence-electron chi connectivity index (χ4n) is 1.69. The van der Waals surface area contributed by atoms with Crippen molar-refractivity contribution in [2.45, 2.75) is 18.9 Å². The molecule has 1 atom stereocenters. The van der Waals surface area contributed by atoms with Gasteiger partial charge in [-0.2, -0.15) is 0 Å². The number of rotatable bonds is 10. The molecule has 11 heteroatoms. The summed E-state index contributed by atoms with van der Waals surface area (Å²) in [6.07, 6.45) is -4.65. The van der Waals surface area contributed by atoms with Crippen molar-refractivity contribution in [3.8, 4) is 0 Å². The molecular formula is C14H19F3N4O4. The summed E-state index contributed by atoms with van der Waals surface area (Å²) in [7, 11) is 0. The van der Waals surface area contributed by atoms with Gasteiger partial charge in [-0.15, -0.1) is 13.2 Å². The Morgan fingerprint density at radius 3 is 2.36 bits per heavy atom. The second kappa shape index (κ2) is 9.93. The topological polar surface area (TPSA) is 126 Å². The molecular weight excluding hydrogens is 345 g/mol. The van der Waals surface area contributed by atoms with E-state index in [2.05, 4.69) is 20.9 Å². The predicted molar refractivity (Wildman–Crippen MR) is 80.8 cm³/mol. The molecule has 1 unspecified atom stereocenters. The number of hydrazine groups is 1. The number of amides is 2. The average molecular weight is 364 g/mol. The quantitative estimate of drug-likeness (QED) is 0.279. The summed E-state index contributed by atoms with van der Waals surface area (Å²) in [4.78, 5) is 22.8. The van der Waals surface area contributed by atoms with Gasteiger partial charge in [-0.25, -0.2) is 0 Å². The molecule has 0 heterocycles. The van der Waals surface area contributed by atoms with Crippen molar-refractivity contribution in [3.63, 3.8) is 0 Å². The van der Waals surface area contributed by atoms with E-state index in [0.29, 0.717) is 6.54 Å². The Balaban J connectivity index is 2.36. The number of halogens is 3. The maximum atomic E-state index is 11.9. The minimum absolute atomic E-state index is 0.0460. The molecule has 0 spiro atoms. The smallest absolute Gasteiger partial charge is 0.394 e. The number of nitrogens with one attached hydrogen (secondary N) is 3. The number of alkyl halides is 3. The van der Waals surface area contributed by atoms with E-state index in [-0.39, 0.29) is 12.1 Å². The molecule has 1 aromatic rings. The molecule has 0 bridgehead atoms. The Kier molecular flexibility index (Phi) is 8.28. The molecule has 0 saturated heterocycles. The lowest BCUT2D eigenvalue weighted by molar-refractivity contribution is -0.323. The summed E-state index contributed by atoms with van der Waals surface area (Å²) < 4.78 is 38.8. The Bertz CT molecular complexity index is 566. The highest BCUT2D eigenvalue weighted by Crippen LogP contribution is 2.15. The molecule has 0 fully saturated rings. The van der Waals surface area contributed by atoms with Crippen molar-refractivity contribution in [1.29, 1.82) is 0 Å². The summed E-state index contributed by atoms with van der Waals surface area (Å²) >= 11 is 0. The number of primary amides is 1. The van der Waals surface area contributed by atoms with Crippen LogP contribution in [0.2, 0.25) is 0 Å². The van der Waals surface area contributed by atoms with Crippen LogP contribution in [0.25, 0.3) is 0 Å². The zero-order valence-electron chi connectivity index (χ0n) is 13.1. The second-order valence-corrected chi connectivity index (χ2v) is 4.88. The van der Waals surface area contributed by atoms with Crippen LogP contribution in [-0.2, 0) is 16.1 Å². The molecule has 25 heavy (non-hydrogen) atoms. The lowest BCUT2D eigenvalue weighted by atomic mass is 10.1. The summed E-state index contributed by atoms with van der Waals surface area (Å²) in [5.41, 5.74) is 11.3. The van der Waals surface area contributed by atoms with E-state index < -0.39 is 37.4 Å². The minimum Gasteiger partial charge on any atom is -0.394 e. The number of carbonyl (C=O) groups excluding carboxylic acids is 2. The summed E-state index contributed by atoms with van der Waals surface area (Å²) in [6.45, 7) is -0.877. The van der Waals surface area contributed by atoms with E-state index in [0.717, 1.165) is 5.56 Å². The minimum atomic E-state index is -4.65. The molecule has 1 rings (SSSR count). The van der Waals surface area contributed by atoms with Crippen LogP contribution >= 0.6 is 0 Å². The van der Waals surface area contributed by atoms with Crippen molar-refractivity contribution in [2.75, 3.05) is 19.8 Å². The number of carbonyl (C=O) groups is 2. The Labute approximate surface area is 141 Å². The average Bonchev–Trinajstić information content (AvgIpc) is 2.54. The van der Waals surface area contributed by atoms with Gasteiger partial charge in [-0.3, -0.25) is 25.2 Å². The predicted octanol–water partition coefficient (Wildman–Crippen LogP) is -0.607. The Hall–Kier alpha value is -2.21. The molecule has 6 N–H and O–H groups in total. The van der Waals surface area contributed by atoms with Gasteiger partial charge in [0.1, 0.15) is 6.04 Å². The number of hydrogen-bond donors (Lipinski definition) is 5. The lowest BCUT2D eigenvalue weighted by Crippen LogP contribution is -2.46. The number of nitrogens with two attached hydrogens (primary N) is 1. The van der Waals surface area contributed by atoms with E-state index in [1.165, 1.54) is 12.1 Å². The highest BCUT2D eigenvalue weighted by molar-refractivity contribution is 5.97. The molecule has 8 nitrogen and oxygen atoms in total. The molecule has 2 amide bonds. The van der Waals surface area contributed by atoms with Crippen molar-refractivity contribution < 1.29 is 32.6 Å². The highest BCUT2D eigenvalue weighted by atomic mass is 19.4. The molecule has 0 aromatic heterocycles. The monoisotopic (exact) mass is 364 g/mol. The normalized spacial score (nSPS) is 12.6. The first kappa shape index (κ1) is 20.8.